The Morgan fingerprint density at radius 3 is 2.59 bits per heavy atom. The van der Waals surface area contributed by atoms with Gasteiger partial charge < -0.3 is 5.32 Å². The van der Waals surface area contributed by atoms with Gasteiger partial charge in [0.2, 0.25) is 5.91 Å². The molecule has 1 saturated carbocycles. The summed E-state index contributed by atoms with van der Waals surface area (Å²) in [4.78, 5) is 39.8. The minimum Gasteiger partial charge on any atom is -0.354 e. The second-order valence-corrected chi connectivity index (χ2v) is 8.53. The van der Waals surface area contributed by atoms with Crippen LogP contribution < -0.4 is 5.32 Å². The first kappa shape index (κ1) is 18.0. The van der Waals surface area contributed by atoms with Crippen molar-refractivity contribution >= 4 is 46.2 Å². The van der Waals surface area contributed by atoms with Gasteiger partial charge in [0, 0.05) is 18.0 Å². The molecule has 3 amide bonds. The Labute approximate surface area is 165 Å². The number of thiophene rings is 1. The fourth-order valence-corrected chi connectivity index (χ4v) is 4.76. The lowest BCUT2D eigenvalue weighted by Gasteiger charge is -2.17. The Morgan fingerprint density at radius 1 is 1.15 bits per heavy atom. The Kier molecular flexibility index (Phi) is 4.88. The lowest BCUT2D eigenvalue weighted by Crippen LogP contribution is -2.41. The lowest BCUT2D eigenvalue weighted by atomic mass is 9.95. The number of hydrogen-bond acceptors (Lipinski definition) is 5. The Hall–Kier alpha value is -2.38. The highest BCUT2D eigenvalue weighted by molar-refractivity contribution is 8.18. The van der Waals surface area contributed by atoms with Crippen LogP contribution in [-0.2, 0) is 15.0 Å². The predicted molar refractivity (Wildman–Crippen MR) is 107 cm³/mol. The van der Waals surface area contributed by atoms with Gasteiger partial charge in [0.25, 0.3) is 11.1 Å². The zero-order chi connectivity index (χ0) is 18.9. The van der Waals surface area contributed by atoms with Crippen LogP contribution >= 0.6 is 23.1 Å². The SMILES string of the molecule is O=C1SC(=Cc2cccs2)C(=O)N1CCNC(=O)C1(c2ccccc2)CC1. The smallest absolute Gasteiger partial charge is 0.293 e. The summed E-state index contributed by atoms with van der Waals surface area (Å²) in [6.45, 7) is 0.445. The third-order valence-corrected chi connectivity index (χ3v) is 6.55. The Balaban J connectivity index is 1.35. The standard InChI is InChI=1S/C20H18N2O3S2/c23-17-16(13-15-7-4-12-26-15)27-19(25)22(17)11-10-21-18(24)20(8-9-20)14-5-2-1-3-6-14/h1-7,12-13H,8-11H2,(H,21,24). The minimum atomic E-state index is -0.445. The average molecular weight is 399 g/mol. The van der Waals surface area contributed by atoms with Gasteiger partial charge in [-0.3, -0.25) is 19.3 Å². The van der Waals surface area contributed by atoms with Gasteiger partial charge in [0.1, 0.15) is 0 Å². The number of thioether (sulfide) groups is 1. The summed E-state index contributed by atoms with van der Waals surface area (Å²) >= 11 is 2.46. The van der Waals surface area contributed by atoms with Crippen LogP contribution in [0.5, 0.6) is 0 Å². The second kappa shape index (κ2) is 7.32. The maximum Gasteiger partial charge on any atom is 0.293 e. The number of benzene rings is 1. The molecule has 7 heteroatoms. The number of nitrogens with one attached hydrogen (secondary N) is 1. The van der Waals surface area contributed by atoms with Gasteiger partial charge in [0.05, 0.1) is 10.3 Å². The fraction of sp³-hybridized carbons (Fsp3) is 0.250. The van der Waals surface area contributed by atoms with Gasteiger partial charge in [-0.05, 0) is 47.7 Å². The predicted octanol–water partition coefficient (Wildman–Crippen LogP) is 3.63. The highest BCUT2D eigenvalue weighted by atomic mass is 32.2. The van der Waals surface area contributed by atoms with E-state index in [4.69, 9.17) is 0 Å². The topological polar surface area (TPSA) is 66.5 Å². The van der Waals surface area contributed by atoms with Crippen LogP contribution in [0.4, 0.5) is 4.79 Å². The van der Waals surface area contributed by atoms with E-state index in [0.29, 0.717) is 4.91 Å². The molecule has 2 heterocycles. The maximum absolute atomic E-state index is 12.6. The molecule has 0 bridgehead atoms. The summed E-state index contributed by atoms with van der Waals surface area (Å²) in [5, 5.41) is 4.53. The third-order valence-electron chi connectivity index (χ3n) is 4.82. The molecule has 1 N–H and O–H groups in total. The molecule has 0 atom stereocenters. The van der Waals surface area contributed by atoms with Crippen LogP contribution in [0.3, 0.4) is 0 Å². The summed E-state index contributed by atoms with van der Waals surface area (Å²) < 4.78 is 0. The minimum absolute atomic E-state index is 0.0326. The molecule has 0 unspecified atom stereocenters. The number of imide groups is 1. The van der Waals surface area contributed by atoms with Crippen molar-refractivity contribution in [1.82, 2.24) is 10.2 Å². The van der Waals surface area contributed by atoms with Crippen molar-refractivity contribution in [2.75, 3.05) is 13.1 Å². The van der Waals surface area contributed by atoms with Crippen molar-refractivity contribution in [1.29, 1.82) is 0 Å². The van der Waals surface area contributed by atoms with E-state index >= 15 is 0 Å². The normalized spacial score (nSPS) is 19.6. The number of amides is 3. The van der Waals surface area contributed by atoms with E-state index in [1.165, 1.54) is 16.2 Å². The Morgan fingerprint density at radius 2 is 1.93 bits per heavy atom. The van der Waals surface area contributed by atoms with Crippen LogP contribution in [0.25, 0.3) is 6.08 Å². The van der Waals surface area contributed by atoms with Gasteiger partial charge in [0.15, 0.2) is 0 Å². The number of nitrogens with zero attached hydrogens (tertiary/aromatic N) is 1. The molecule has 5 nitrogen and oxygen atoms in total. The largest absolute Gasteiger partial charge is 0.354 e. The van der Waals surface area contributed by atoms with Gasteiger partial charge in [-0.2, -0.15) is 0 Å². The van der Waals surface area contributed by atoms with Gasteiger partial charge in [-0.1, -0.05) is 36.4 Å². The molecule has 2 aliphatic rings. The molecular weight excluding hydrogens is 380 g/mol. The van der Waals surface area contributed by atoms with E-state index in [-0.39, 0.29) is 30.1 Å². The summed E-state index contributed by atoms with van der Waals surface area (Å²) in [6.07, 6.45) is 3.39. The molecule has 0 spiro atoms. The highest BCUT2D eigenvalue weighted by Gasteiger charge is 2.51. The van der Waals surface area contributed by atoms with Gasteiger partial charge >= 0.3 is 0 Å². The van der Waals surface area contributed by atoms with E-state index in [1.807, 2.05) is 47.8 Å². The molecular formula is C20H18N2O3S2. The van der Waals surface area contributed by atoms with Crippen molar-refractivity contribution in [2.45, 2.75) is 18.3 Å². The lowest BCUT2D eigenvalue weighted by molar-refractivity contribution is -0.125. The van der Waals surface area contributed by atoms with Crippen molar-refractivity contribution in [3.63, 3.8) is 0 Å². The zero-order valence-electron chi connectivity index (χ0n) is 14.5. The van der Waals surface area contributed by atoms with E-state index in [2.05, 4.69) is 5.32 Å². The first-order valence-electron chi connectivity index (χ1n) is 8.73. The highest BCUT2D eigenvalue weighted by Crippen LogP contribution is 2.48. The fourth-order valence-electron chi connectivity index (χ4n) is 3.17. The zero-order valence-corrected chi connectivity index (χ0v) is 16.1. The quantitative estimate of drug-likeness (QED) is 0.755. The molecule has 27 heavy (non-hydrogen) atoms. The van der Waals surface area contributed by atoms with E-state index in [0.717, 1.165) is 35.0 Å². The molecule has 1 aliphatic carbocycles. The van der Waals surface area contributed by atoms with Crippen molar-refractivity contribution in [3.8, 4) is 0 Å². The molecule has 1 aromatic heterocycles. The number of carbonyl (C=O) groups excluding carboxylic acids is 3. The van der Waals surface area contributed by atoms with Crippen LogP contribution in [0.1, 0.15) is 23.3 Å². The first-order valence-corrected chi connectivity index (χ1v) is 10.4. The summed E-state index contributed by atoms with van der Waals surface area (Å²) in [5.74, 6) is -0.327. The number of carbonyl (C=O) groups is 3. The van der Waals surface area contributed by atoms with Crippen molar-refractivity contribution < 1.29 is 14.4 Å². The summed E-state index contributed by atoms with van der Waals surface area (Å²) in [6, 6.07) is 13.5. The van der Waals surface area contributed by atoms with Crippen molar-refractivity contribution in [2.24, 2.45) is 0 Å². The van der Waals surface area contributed by atoms with Gasteiger partial charge in [-0.15, -0.1) is 11.3 Å². The number of rotatable bonds is 6. The van der Waals surface area contributed by atoms with Crippen molar-refractivity contribution in [3.05, 3.63) is 63.2 Å². The average Bonchev–Trinajstić information content (AvgIpc) is 3.26. The molecule has 2 fully saturated rings. The van der Waals surface area contributed by atoms with Crippen LogP contribution in [0, 0.1) is 0 Å². The monoisotopic (exact) mass is 398 g/mol. The van der Waals surface area contributed by atoms with Gasteiger partial charge in [-0.25, -0.2) is 0 Å². The summed E-state index contributed by atoms with van der Waals surface area (Å²) in [5.41, 5.74) is 0.576. The summed E-state index contributed by atoms with van der Waals surface area (Å²) in [7, 11) is 0. The molecule has 1 aliphatic heterocycles. The molecule has 1 saturated heterocycles. The molecule has 1 aromatic carbocycles. The van der Waals surface area contributed by atoms with Crippen LogP contribution in [0.15, 0.2) is 52.7 Å². The third kappa shape index (κ3) is 3.57. The van der Waals surface area contributed by atoms with Crippen LogP contribution in [0.2, 0.25) is 0 Å². The van der Waals surface area contributed by atoms with E-state index in [9.17, 15) is 14.4 Å². The maximum atomic E-state index is 12.6. The molecule has 2 aromatic rings. The molecule has 4 rings (SSSR count). The molecule has 0 radical (unpaired) electrons. The first-order chi connectivity index (χ1) is 13.1. The van der Waals surface area contributed by atoms with E-state index < -0.39 is 5.41 Å². The molecule has 138 valence electrons. The Bertz CT molecular complexity index is 903. The van der Waals surface area contributed by atoms with E-state index in [1.54, 1.807) is 6.08 Å². The second-order valence-electron chi connectivity index (χ2n) is 6.55. The number of hydrogen-bond donors (Lipinski definition) is 1. The van der Waals surface area contributed by atoms with Crippen LogP contribution in [-0.4, -0.2) is 35.0 Å².